The molecule has 2 fully saturated rings. The molecule has 4 unspecified atom stereocenters. The van der Waals surface area contributed by atoms with Gasteiger partial charge in [-0.25, -0.2) is 14.8 Å². The molecule has 1 aromatic heterocycles. The molecule has 0 bridgehead atoms. The Bertz CT molecular complexity index is 1580. The van der Waals surface area contributed by atoms with Crippen LogP contribution >= 0.6 is 8.03 Å². The summed E-state index contributed by atoms with van der Waals surface area (Å²) in [4.78, 5) is 78.0. The Kier molecular flexibility index (Phi) is 16.0. The van der Waals surface area contributed by atoms with E-state index in [1.54, 1.807) is 19.2 Å². The number of hydrogen-bond donors (Lipinski definition) is 2. The van der Waals surface area contributed by atoms with Gasteiger partial charge in [0.15, 0.2) is 11.6 Å². The number of benzene rings is 1. The number of ketones is 1. The van der Waals surface area contributed by atoms with Crippen LogP contribution in [0, 0.1) is 0 Å². The maximum absolute atomic E-state index is 14.3. The second kappa shape index (κ2) is 20.6. The second-order valence-corrected chi connectivity index (χ2v) is 13.5. The molecule has 2 aliphatic heterocycles. The lowest BCUT2D eigenvalue weighted by atomic mass is 10.0. The number of unbranched alkanes of at least 4 members (excludes halogenated alkanes) is 1. The van der Waals surface area contributed by atoms with E-state index < -0.39 is 62.5 Å². The number of carbonyl (C=O) groups is 5. The Morgan fingerprint density at radius 3 is 2.38 bits per heavy atom. The molecule has 4 rings (SSSR count). The molecule has 2 aliphatic rings. The average molecular weight is 760 g/mol. The van der Waals surface area contributed by atoms with E-state index in [1.807, 2.05) is 30.0 Å². The summed E-state index contributed by atoms with van der Waals surface area (Å²) in [5, 5.41) is 5.74. The molecule has 2 N–H and O–H groups in total. The van der Waals surface area contributed by atoms with Gasteiger partial charge in [0.1, 0.15) is 23.6 Å². The van der Waals surface area contributed by atoms with Crippen molar-refractivity contribution in [1.82, 2.24) is 25.5 Å². The number of nitrogens with zero attached hydrogens (tertiary/aromatic N) is 4. The van der Waals surface area contributed by atoms with E-state index in [4.69, 9.17) is 28.5 Å². The van der Waals surface area contributed by atoms with Gasteiger partial charge in [0.25, 0.3) is 5.91 Å². The molecule has 2 amide bonds. The van der Waals surface area contributed by atoms with Crippen LogP contribution in [0.2, 0.25) is 0 Å². The average Bonchev–Trinajstić information content (AvgIpc) is 3.67. The van der Waals surface area contributed by atoms with Crippen LogP contribution < -0.4 is 15.5 Å². The van der Waals surface area contributed by atoms with E-state index in [9.17, 15) is 28.5 Å². The molecular weight excluding hydrogens is 711 g/mol. The summed E-state index contributed by atoms with van der Waals surface area (Å²) < 4.78 is 39.8. The highest BCUT2D eigenvalue weighted by atomic mass is 31.1. The fourth-order valence-electron chi connectivity index (χ4n) is 5.53. The summed E-state index contributed by atoms with van der Waals surface area (Å²) in [6.45, 7) is 4.87. The van der Waals surface area contributed by atoms with E-state index in [0.29, 0.717) is 37.4 Å². The van der Waals surface area contributed by atoms with Gasteiger partial charge < -0.3 is 34.5 Å². The number of Topliss-reactive ketones (excluding diaryl/α,β-unsaturated/α-hetero) is 1. The largest absolute Gasteiger partial charge is 0.518 e. The zero-order chi connectivity index (χ0) is 38.3. The third kappa shape index (κ3) is 12.0. The first kappa shape index (κ1) is 41.2. The minimum absolute atomic E-state index is 0.0292. The van der Waals surface area contributed by atoms with Crippen molar-refractivity contribution in [1.29, 1.82) is 0 Å². The van der Waals surface area contributed by atoms with Crippen molar-refractivity contribution in [2.75, 3.05) is 57.5 Å². The maximum atomic E-state index is 14.3. The number of amides is 2. The van der Waals surface area contributed by atoms with E-state index in [1.165, 1.54) is 24.8 Å². The molecule has 288 valence electrons. The summed E-state index contributed by atoms with van der Waals surface area (Å²) in [6.07, 6.45) is 0.632. The second-order valence-electron chi connectivity index (χ2n) is 12.3. The molecule has 0 spiro atoms. The van der Waals surface area contributed by atoms with Gasteiger partial charge in [-0.15, -0.1) is 0 Å². The van der Waals surface area contributed by atoms with E-state index in [2.05, 4.69) is 15.6 Å². The lowest BCUT2D eigenvalue weighted by molar-refractivity contribution is -0.233. The summed E-state index contributed by atoms with van der Waals surface area (Å²) >= 11 is 0. The van der Waals surface area contributed by atoms with Gasteiger partial charge >= 0.3 is 32.5 Å². The minimum Gasteiger partial charge on any atom is -0.449 e. The summed E-state index contributed by atoms with van der Waals surface area (Å²) in [7, 11) is -1.31. The SMILES string of the molecule is CCCCOC(=O)N1CCNCC1C(=O)C(C[P+](=O)OC(OC(=O)CC)OC(=O)CC)NC(=O)c1cc(N2CCC(OC)C2)nc(-c2ccccc2)n1. The number of carbonyl (C=O) groups excluding carboxylic acids is 5. The zero-order valence-corrected chi connectivity index (χ0v) is 31.4. The standard InChI is InChI=1S/C35H47N6O11P/c1-5-8-18-49-34(46)41-17-15-36-20-27(41)31(44)26(22-53(47)52-35(50-29(42)6-2)51-30(43)7-3)38-33(45)25-19-28(40-16-14-24(21-40)48-4)39-32(37-25)23-12-10-9-11-13-23/h9-13,19,24,26-27,35-36H,5-8,14-18,20-22H2,1-4H3/p+1. The van der Waals surface area contributed by atoms with Crippen molar-refractivity contribution in [3.8, 4) is 11.4 Å². The van der Waals surface area contributed by atoms with Gasteiger partial charge in [0.05, 0.1) is 12.7 Å². The molecule has 1 aromatic carbocycles. The highest BCUT2D eigenvalue weighted by molar-refractivity contribution is 7.39. The summed E-state index contributed by atoms with van der Waals surface area (Å²) in [5.41, 5.74) is 0.572. The lowest BCUT2D eigenvalue weighted by Crippen LogP contribution is -2.61. The third-order valence-corrected chi connectivity index (χ3v) is 9.60. The fraction of sp³-hybridized carbons (Fsp3) is 0.571. The number of hydrogen-bond acceptors (Lipinski definition) is 15. The number of rotatable bonds is 18. The number of esters is 2. The molecule has 3 heterocycles. The topological polar surface area (TPSA) is 205 Å². The van der Waals surface area contributed by atoms with Crippen LogP contribution in [0.1, 0.15) is 63.4 Å². The minimum atomic E-state index is -2.94. The van der Waals surface area contributed by atoms with Gasteiger partial charge in [0, 0.05) is 64.3 Å². The first-order chi connectivity index (χ1) is 25.6. The van der Waals surface area contributed by atoms with Crippen molar-refractivity contribution >= 4 is 43.6 Å². The smallest absolute Gasteiger partial charge is 0.449 e. The first-order valence-corrected chi connectivity index (χ1v) is 19.1. The molecular formula is C35H48N6O11P+. The monoisotopic (exact) mass is 759 g/mol. The quantitative estimate of drug-likeness (QED) is 0.0970. The lowest BCUT2D eigenvalue weighted by Gasteiger charge is -2.35. The van der Waals surface area contributed by atoms with Gasteiger partial charge in [0.2, 0.25) is 6.16 Å². The zero-order valence-electron chi connectivity index (χ0n) is 30.5. The summed E-state index contributed by atoms with van der Waals surface area (Å²) in [6, 6.07) is 7.93. The number of anilines is 1. The van der Waals surface area contributed by atoms with Crippen LogP contribution in [0.15, 0.2) is 36.4 Å². The van der Waals surface area contributed by atoms with Gasteiger partial charge in [-0.2, -0.15) is 0 Å². The highest BCUT2D eigenvalue weighted by Crippen LogP contribution is 2.29. The number of piperazine rings is 1. The number of ether oxygens (including phenoxy) is 4. The molecule has 2 aromatic rings. The first-order valence-electron chi connectivity index (χ1n) is 17.8. The molecule has 0 saturated carbocycles. The Balaban J connectivity index is 1.66. The molecule has 0 radical (unpaired) electrons. The van der Waals surface area contributed by atoms with Crippen molar-refractivity contribution in [3.05, 3.63) is 42.1 Å². The Hall–Kier alpha value is -4.57. The van der Waals surface area contributed by atoms with E-state index in [-0.39, 0.29) is 50.2 Å². The van der Waals surface area contributed by atoms with Crippen LogP contribution in [0.5, 0.6) is 0 Å². The molecule has 53 heavy (non-hydrogen) atoms. The normalized spacial score (nSPS) is 17.9. The van der Waals surface area contributed by atoms with Crippen LogP contribution in [-0.2, 0) is 42.4 Å². The van der Waals surface area contributed by atoms with Gasteiger partial charge in [-0.1, -0.05) is 62.0 Å². The number of methoxy groups -OCH3 is 1. The third-order valence-electron chi connectivity index (χ3n) is 8.53. The summed E-state index contributed by atoms with van der Waals surface area (Å²) in [5.74, 6) is -2.31. The van der Waals surface area contributed by atoms with Crippen LogP contribution in [0.4, 0.5) is 10.6 Å². The molecule has 4 atom stereocenters. The van der Waals surface area contributed by atoms with Crippen molar-refractivity contribution < 1.29 is 52.0 Å². The van der Waals surface area contributed by atoms with Crippen molar-refractivity contribution in [3.63, 3.8) is 0 Å². The number of aromatic nitrogens is 2. The Labute approximate surface area is 309 Å². The number of nitrogens with one attached hydrogen (secondary N) is 2. The van der Waals surface area contributed by atoms with Crippen molar-refractivity contribution in [2.45, 2.75) is 77.5 Å². The van der Waals surface area contributed by atoms with Crippen molar-refractivity contribution in [2.24, 2.45) is 0 Å². The molecule has 2 saturated heterocycles. The van der Waals surface area contributed by atoms with E-state index >= 15 is 0 Å². The molecule has 17 nitrogen and oxygen atoms in total. The molecule has 0 aliphatic carbocycles. The van der Waals surface area contributed by atoms with Crippen LogP contribution in [-0.4, -0.2) is 122 Å². The maximum Gasteiger partial charge on any atom is 0.518 e. The predicted octanol–water partition coefficient (Wildman–Crippen LogP) is 3.20. The predicted molar refractivity (Wildman–Crippen MR) is 191 cm³/mol. The Morgan fingerprint density at radius 1 is 1.02 bits per heavy atom. The van der Waals surface area contributed by atoms with Gasteiger partial charge in [-0.05, 0) is 17.4 Å². The van der Waals surface area contributed by atoms with Crippen LogP contribution in [0.25, 0.3) is 11.4 Å². The van der Waals surface area contributed by atoms with Crippen LogP contribution in [0.3, 0.4) is 0 Å². The fourth-order valence-corrected chi connectivity index (χ4v) is 6.46. The Morgan fingerprint density at radius 2 is 1.74 bits per heavy atom. The highest BCUT2D eigenvalue weighted by Gasteiger charge is 2.43. The van der Waals surface area contributed by atoms with Gasteiger partial charge in [-0.3, -0.25) is 24.1 Å². The van der Waals surface area contributed by atoms with E-state index in [0.717, 1.165) is 12.8 Å². The molecule has 18 heteroatoms.